The molecule has 12 nitrogen and oxygen atoms in total. The molecule has 12 heteroatoms. The summed E-state index contributed by atoms with van der Waals surface area (Å²) in [6, 6.07) is 3.04. The molecule has 0 aliphatic heterocycles. The predicted octanol–water partition coefficient (Wildman–Crippen LogP) is 2.31. The van der Waals surface area contributed by atoms with Gasteiger partial charge in [0.2, 0.25) is 5.91 Å². The summed E-state index contributed by atoms with van der Waals surface area (Å²) in [6.07, 6.45) is 1.05. The predicted molar refractivity (Wildman–Crippen MR) is 93.0 cm³/mol. The molecule has 1 aromatic heterocycles. The first kappa shape index (κ1) is 19.6. The molecular formula is C15H17N5O7. The number of carbonyl (C=O) groups excluding carboxylic acids is 1. The van der Waals surface area contributed by atoms with Crippen LogP contribution in [-0.4, -0.2) is 39.3 Å². The lowest BCUT2D eigenvalue weighted by Crippen LogP contribution is -2.24. The number of anilines is 1. The second kappa shape index (κ2) is 8.12. The van der Waals surface area contributed by atoms with Crippen LogP contribution < -0.4 is 14.8 Å². The molecule has 1 heterocycles. The lowest BCUT2D eigenvalue weighted by atomic mass is 10.2. The number of rotatable bonds is 8. The van der Waals surface area contributed by atoms with Gasteiger partial charge in [0.05, 0.1) is 29.6 Å². The summed E-state index contributed by atoms with van der Waals surface area (Å²) in [4.78, 5) is 33.3. The van der Waals surface area contributed by atoms with Crippen molar-refractivity contribution in [2.75, 3.05) is 19.0 Å². The summed E-state index contributed by atoms with van der Waals surface area (Å²) in [5.41, 5.74) is -0.774. The first-order chi connectivity index (χ1) is 12.8. The van der Waals surface area contributed by atoms with E-state index >= 15 is 0 Å². The Kier molecular flexibility index (Phi) is 5.90. The zero-order valence-corrected chi connectivity index (χ0v) is 14.7. The number of methoxy groups -OCH3 is 1. The Morgan fingerprint density at radius 2 is 1.96 bits per heavy atom. The van der Waals surface area contributed by atoms with Crippen molar-refractivity contribution in [1.82, 2.24) is 9.78 Å². The highest BCUT2D eigenvalue weighted by molar-refractivity contribution is 5.95. The fourth-order valence-corrected chi connectivity index (χ4v) is 2.22. The van der Waals surface area contributed by atoms with Crippen LogP contribution in [0.3, 0.4) is 0 Å². The van der Waals surface area contributed by atoms with Crippen molar-refractivity contribution in [3.63, 3.8) is 0 Å². The summed E-state index contributed by atoms with van der Waals surface area (Å²) in [5.74, 6) is -0.600. The summed E-state index contributed by atoms with van der Waals surface area (Å²) >= 11 is 0. The molecule has 1 atom stereocenters. The van der Waals surface area contributed by atoms with Crippen molar-refractivity contribution in [2.45, 2.75) is 19.9 Å². The van der Waals surface area contributed by atoms with Gasteiger partial charge in [0.1, 0.15) is 23.7 Å². The molecule has 144 valence electrons. The van der Waals surface area contributed by atoms with Crippen LogP contribution >= 0.6 is 0 Å². The molecule has 0 saturated heterocycles. The number of nitro groups is 2. The maximum atomic E-state index is 12.4. The normalized spacial score (nSPS) is 11.5. The number of benzene rings is 1. The highest BCUT2D eigenvalue weighted by Crippen LogP contribution is 2.30. The van der Waals surface area contributed by atoms with Gasteiger partial charge in [-0.15, -0.1) is 5.10 Å². The number of aromatic nitrogens is 2. The number of hydrogen-bond acceptors (Lipinski definition) is 8. The molecule has 0 bridgehead atoms. The van der Waals surface area contributed by atoms with Gasteiger partial charge in [-0.2, -0.15) is 0 Å². The van der Waals surface area contributed by atoms with Gasteiger partial charge in [-0.25, -0.2) is 4.68 Å². The Bertz CT molecular complexity index is 879. The first-order valence-corrected chi connectivity index (χ1v) is 7.78. The average Bonchev–Trinajstić information content (AvgIpc) is 3.07. The van der Waals surface area contributed by atoms with Crippen molar-refractivity contribution in [1.29, 1.82) is 0 Å². The largest absolute Gasteiger partial charge is 0.494 e. The van der Waals surface area contributed by atoms with Crippen LogP contribution in [-0.2, 0) is 4.79 Å². The fraction of sp³-hybridized carbons (Fsp3) is 0.333. The summed E-state index contributed by atoms with van der Waals surface area (Å²) in [6.45, 7) is 3.51. The molecule has 0 spiro atoms. The third-order valence-electron chi connectivity index (χ3n) is 3.58. The molecule has 0 aliphatic carbocycles. The zero-order valence-electron chi connectivity index (χ0n) is 14.7. The van der Waals surface area contributed by atoms with Gasteiger partial charge in [0.25, 0.3) is 5.69 Å². The summed E-state index contributed by atoms with van der Waals surface area (Å²) < 4.78 is 11.1. The number of ether oxygens (including phenoxy) is 2. The van der Waals surface area contributed by atoms with Crippen LogP contribution in [0.2, 0.25) is 0 Å². The highest BCUT2D eigenvalue weighted by atomic mass is 16.6. The number of amides is 1. The van der Waals surface area contributed by atoms with Crippen molar-refractivity contribution in [2.24, 2.45) is 0 Å². The standard InChI is InChI=1S/C15H17N5O7/c1-4-27-10-5-6-11(12(7-10)19(22)23)16-14(21)9(2)18-8-13(20(24)25)15(17-18)26-3/h5-9H,4H2,1-3H3,(H,16,21). The first-order valence-electron chi connectivity index (χ1n) is 7.78. The van der Waals surface area contributed by atoms with Crippen molar-refractivity contribution in [3.8, 4) is 11.6 Å². The number of nitro benzene ring substituents is 1. The Morgan fingerprint density at radius 1 is 1.30 bits per heavy atom. The maximum Gasteiger partial charge on any atom is 0.350 e. The SMILES string of the molecule is CCOc1ccc(NC(=O)C(C)n2cc([N+](=O)[O-])c(OC)n2)c([N+](=O)[O-])c1. The quantitative estimate of drug-likeness (QED) is 0.542. The number of nitrogens with zero attached hydrogens (tertiary/aromatic N) is 4. The van der Waals surface area contributed by atoms with E-state index in [0.29, 0.717) is 12.4 Å². The zero-order chi connectivity index (χ0) is 20.1. The topological polar surface area (TPSA) is 152 Å². The Balaban J connectivity index is 2.26. The van der Waals surface area contributed by atoms with E-state index in [2.05, 4.69) is 10.4 Å². The molecule has 0 aliphatic rings. The molecule has 1 aromatic carbocycles. The molecule has 0 fully saturated rings. The molecule has 2 rings (SSSR count). The van der Waals surface area contributed by atoms with Crippen molar-refractivity contribution >= 4 is 23.0 Å². The minimum Gasteiger partial charge on any atom is -0.494 e. The smallest absolute Gasteiger partial charge is 0.350 e. The van der Waals surface area contributed by atoms with E-state index < -0.39 is 27.5 Å². The molecule has 0 saturated carbocycles. The Morgan fingerprint density at radius 3 is 2.48 bits per heavy atom. The number of nitrogens with one attached hydrogen (secondary N) is 1. The van der Waals surface area contributed by atoms with Gasteiger partial charge < -0.3 is 14.8 Å². The highest BCUT2D eigenvalue weighted by Gasteiger charge is 2.26. The minimum absolute atomic E-state index is 0.0334. The second-order valence-corrected chi connectivity index (χ2v) is 5.30. The lowest BCUT2D eigenvalue weighted by Gasteiger charge is -2.13. The molecule has 1 amide bonds. The Labute approximate surface area is 153 Å². The number of carbonyl (C=O) groups is 1. The maximum absolute atomic E-state index is 12.4. The van der Waals surface area contributed by atoms with E-state index in [1.54, 1.807) is 6.92 Å². The molecular weight excluding hydrogens is 362 g/mol. The molecule has 0 radical (unpaired) electrons. The van der Waals surface area contributed by atoms with E-state index in [-0.39, 0.29) is 17.3 Å². The molecule has 1 N–H and O–H groups in total. The molecule has 1 unspecified atom stereocenters. The van der Waals surface area contributed by atoms with Gasteiger partial charge in [0, 0.05) is 0 Å². The van der Waals surface area contributed by atoms with E-state index in [1.165, 1.54) is 32.2 Å². The van der Waals surface area contributed by atoms with Crippen LogP contribution in [0.5, 0.6) is 11.6 Å². The van der Waals surface area contributed by atoms with Crippen LogP contribution in [0.1, 0.15) is 19.9 Å². The van der Waals surface area contributed by atoms with Gasteiger partial charge in [-0.05, 0) is 26.0 Å². The second-order valence-electron chi connectivity index (χ2n) is 5.30. The Hall–Kier alpha value is -3.70. The third kappa shape index (κ3) is 4.29. The van der Waals surface area contributed by atoms with Crippen LogP contribution in [0, 0.1) is 20.2 Å². The van der Waals surface area contributed by atoms with E-state index in [4.69, 9.17) is 9.47 Å². The summed E-state index contributed by atoms with van der Waals surface area (Å²) in [5, 5.41) is 28.5. The van der Waals surface area contributed by atoms with E-state index in [9.17, 15) is 25.0 Å². The third-order valence-corrected chi connectivity index (χ3v) is 3.58. The summed E-state index contributed by atoms with van der Waals surface area (Å²) in [7, 11) is 1.22. The monoisotopic (exact) mass is 379 g/mol. The van der Waals surface area contributed by atoms with Gasteiger partial charge in [-0.1, -0.05) is 0 Å². The van der Waals surface area contributed by atoms with Gasteiger partial charge >= 0.3 is 11.6 Å². The fourth-order valence-electron chi connectivity index (χ4n) is 2.22. The van der Waals surface area contributed by atoms with Crippen LogP contribution in [0.25, 0.3) is 0 Å². The van der Waals surface area contributed by atoms with E-state index in [0.717, 1.165) is 10.9 Å². The van der Waals surface area contributed by atoms with Crippen LogP contribution in [0.15, 0.2) is 24.4 Å². The van der Waals surface area contributed by atoms with Gasteiger partial charge in [-0.3, -0.25) is 25.0 Å². The van der Waals surface area contributed by atoms with Crippen molar-refractivity contribution in [3.05, 3.63) is 44.6 Å². The van der Waals surface area contributed by atoms with Crippen LogP contribution in [0.4, 0.5) is 17.1 Å². The lowest BCUT2D eigenvalue weighted by molar-refractivity contribution is -0.385. The average molecular weight is 379 g/mol. The van der Waals surface area contributed by atoms with Crippen molar-refractivity contribution < 1.29 is 24.1 Å². The molecule has 27 heavy (non-hydrogen) atoms. The number of hydrogen-bond donors (Lipinski definition) is 1. The molecule has 2 aromatic rings. The minimum atomic E-state index is -0.987. The van der Waals surface area contributed by atoms with Gasteiger partial charge in [0.15, 0.2) is 0 Å². The van der Waals surface area contributed by atoms with E-state index in [1.807, 2.05) is 0 Å².